The Balaban J connectivity index is 2.51. The molecule has 2 nitrogen and oxygen atoms in total. The number of hydrogen-bond acceptors (Lipinski definition) is 2. The van der Waals surface area contributed by atoms with Gasteiger partial charge in [0.15, 0.2) is 0 Å². The molecule has 2 rings (SSSR count). The van der Waals surface area contributed by atoms with Crippen LogP contribution in [0.15, 0.2) is 18.2 Å². The van der Waals surface area contributed by atoms with E-state index in [9.17, 15) is 13.2 Å². The van der Waals surface area contributed by atoms with Crippen molar-refractivity contribution in [2.45, 2.75) is 43.8 Å². The molecule has 0 unspecified atom stereocenters. The fraction of sp³-hybridized carbons (Fsp3) is 0.571. The summed E-state index contributed by atoms with van der Waals surface area (Å²) in [5.41, 5.74) is 5.35. The molecule has 0 saturated heterocycles. The van der Waals surface area contributed by atoms with E-state index in [0.29, 0.717) is 18.4 Å². The second-order valence-corrected chi connectivity index (χ2v) is 5.10. The predicted molar refractivity (Wildman–Crippen MR) is 66.9 cm³/mol. The predicted octanol–water partition coefficient (Wildman–Crippen LogP) is 3.83. The lowest BCUT2D eigenvalue weighted by molar-refractivity contribution is -0.138. The van der Waals surface area contributed by atoms with E-state index in [1.807, 2.05) is 0 Å². The van der Waals surface area contributed by atoms with Gasteiger partial charge in [-0.1, -0.05) is 31.4 Å². The van der Waals surface area contributed by atoms with Crippen LogP contribution in [0.5, 0.6) is 5.75 Å². The number of alkyl halides is 3. The van der Waals surface area contributed by atoms with Gasteiger partial charge in [-0.2, -0.15) is 13.2 Å². The van der Waals surface area contributed by atoms with Gasteiger partial charge in [-0.25, -0.2) is 0 Å². The van der Waals surface area contributed by atoms with E-state index < -0.39 is 17.3 Å². The largest absolute Gasteiger partial charge is 0.496 e. The molecule has 0 radical (unpaired) electrons. The second kappa shape index (κ2) is 5.04. The van der Waals surface area contributed by atoms with Crippen LogP contribution in [0.2, 0.25) is 0 Å². The number of rotatable bonds is 2. The normalized spacial score (nSPS) is 19.2. The van der Waals surface area contributed by atoms with Crippen molar-refractivity contribution >= 4 is 0 Å². The van der Waals surface area contributed by atoms with Gasteiger partial charge in [-0.3, -0.25) is 0 Å². The van der Waals surface area contributed by atoms with Crippen LogP contribution in [0.25, 0.3) is 0 Å². The number of hydrogen-bond donors (Lipinski definition) is 1. The number of halogens is 3. The van der Waals surface area contributed by atoms with Crippen molar-refractivity contribution in [2.24, 2.45) is 5.73 Å². The van der Waals surface area contributed by atoms with Crippen molar-refractivity contribution in [2.75, 3.05) is 7.11 Å². The zero-order valence-corrected chi connectivity index (χ0v) is 10.9. The van der Waals surface area contributed by atoms with Gasteiger partial charge in [-0.15, -0.1) is 0 Å². The number of nitrogens with two attached hydrogens (primary N) is 1. The molecular weight excluding hydrogens is 255 g/mol. The third-order valence-electron chi connectivity index (χ3n) is 3.81. The van der Waals surface area contributed by atoms with Gasteiger partial charge in [0.2, 0.25) is 0 Å². The van der Waals surface area contributed by atoms with Crippen LogP contribution >= 0.6 is 0 Å². The molecule has 106 valence electrons. The van der Waals surface area contributed by atoms with Crippen molar-refractivity contribution in [3.8, 4) is 5.75 Å². The Kier molecular flexibility index (Phi) is 3.76. The summed E-state index contributed by atoms with van der Waals surface area (Å²) in [5.74, 6) is -0.126. The van der Waals surface area contributed by atoms with Crippen LogP contribution in [0.4, 0.5) is 13.2 Å². The minimum absolute atomic E-state index is 0.126. The summed E-state index contributed by atoms with van der Waals surface area (Å²) in [6.45, 7) is 0. The number of para-hydroxylation sites is 1. The molecule has 1 aromatic carbocycles. The highest BCUT2D eigenvalue weighted by molar-refractivity contribution is 5.47. The summed E-state index contributed by atoms with van der Waals surface area (Å²) in [6.07, 6.45) is -0.0618. The average molecular weight is 273 g/mol. The maximum absolute atomic E-state index is 13.0. The van der Waals surface area contributed by atoms with E-state index in [-0.39, 0.29) is 5.75 Å². The Morgan fingerprint density at radius 1 is 1.16 bits per heavy atom. The Bertz CT molecular complexity index is 450. The van der Waals surface area contributed by atoms with Crippen molar-refractivity contribution in [3.05, 3.63) is 29.3 Å². The molecule has 1 aliphatic carbocycles. The molecule has 1 aromatic rings. The first-order valence-electron chi connectivity index (χ1n) is 6.42. The molecular formula is C14H18F3NO. The highest BCUT2D eigenvalue weighted by atomic mass is 19.4. The van der Waals surface area contributed by atoms with E-state index in [2.05, 4.69) is 0 Å². The molecule has 5 heteroatoms. The highest BCUT2D eigenvalue weighted by Gasteiger charge is 2.39. The summed E-state index contributed by atoms with van der Waals surface area (Å²) in [5, 5.41) is 0. The topological polar surface area (TPSA) is 35.2 Å². The number of ether oxygens (including phenoxy) is 1. The molecule has 1 saturated carbocycles. The molecule has 19 heavy (non-hydrogen) atoms. The maximum atomic E-state index is 13.0. The van der Waals surface area contributed by atoms with Crippen LogP contribution < -0.4 is 10.5 Å². The van der Waals surface area contributed by atoms with Crippen LogP contribution in [-0.2, 0) is 11.7 Å². The lowest BCUT2D eigenvalue weighted by Gasteiger charge is -2.35. The van der Waals surface area contributed by atoms with E-state index in [4.69, 9.17) is 10.5 Å². The fourth-order valence-corrected chi connectivity index (χ4v) is 2.82. The third kappa shape index (κ3) is 2.71. The number of benzene rings is 1. The summed E-state index contributed by atoms with van der Waals surface area (Å²) in [6, 6.07) is 4.10. The molecule has 0 aliphatic heterocycles. The minimum atomic E-state index is -4.42. The van der Waals surface area contributed by atoms with E-state index in [1.165, 1.54) is 13.2 Å². The second-order valence-electron chi connectivity index (χ2n) is 5.10. The molecule has 0 spiro atoms. The SMILES string of the molecule is COc1c(C(F)(F)F)cccc1C1(N)CCCCC1. The Morgan fingerprint density at radius 2 is 1.79 bits per heavy atom. The fourth-order valence-electron chi connectivity index (χ4n) is 2.82. The molecule has 2 N–H and O–H groups in total. The van der Waals surface area contributed by atoms with Gasteiger partial charge in [0.1, 0.15) is 5.75 Å². The number of methoxy groups -OCH3 is 1. The average Bonchev–Trinajstić information content (AvgIpc) is 2.37. The van der Waals surface area contributed by atoms with E-state index in [0.717, 1.165) is 25.3 Å². The quantitative estimate of drug-likeness (QED) is 0.888. The van der Waals surface area contributed by atoms with Crippen LogP contribution in [0.3, 0.4) is 0 Å². The minimum Gasteiger partial charge on any atom is -0.496 e. The molecule has 0 bridgehead atoms. The molecule has 1 aliphatic rings. The van der Waals surface area contributed by atoms with Gasteiger partial charge in [0, 0.05) is 11.1 Å². The first-order valence-corrected chi connectivity index (χ1v) is 6.42. The smallest absolute Gasteiger partial charge is 0.419 e. The lowest BCUT2D eigenvalue weighted by Crippen LogP contribution is -2.39. The van der Waals surface area contributed by atoms with Crippen LogP contribution in [-0.4, -0.2) is 7.11 Å². The van der Waals surface area contributed by atoms with Crippen LogP contribution in [0, 0.1) is 0 Å². The standard InChI is InChI=1S/C14H18F3NO/c1-19-12-10(13(18)8-3-2-4-9-13)6-5-7-11(12)14(15,16)17/h5-7H,2-4,8-9,18H2,1H3. The van der Waals surface area contributed by atoms with Crippen molar-refractivity contribution in [3.63, 3.8) is 0 Å². The van der Waals surface area contributed by atoms with Gasteiger partial charge < -0.3 is 10.5 Å². The molecule has 0 heterocycles. The Morgan fingerprint density at radius 3 is 2.32 bits per heavy atom. The highest BCUT2D eigenvalue weighted by Crippen LogP contribution is 2.44. The first kappa shape index (κ1) is 14.2. The summed E-state index contributed by atoms with van der Waals surface area (Å²) >= 11 is 0. The summed E-state index contributed by atoms with van der Waals surface area (Å²) in [4.78, 5) is 0. The first-order chi connectivity index (χ1) is 8.88. The zero-order chi connectivity index (χ0) is 14.1. The molecule has 0 atom stereocenters. The van der Waals surface area contributed by atoms with Crippen molar-refractivity contribution < 1.29 is 17.9 Å². The molecule has 0 aromatic heterocycles. The maximum Gasteiger partial charge on any atom is 0.419 e. The van der Waals surface area contributed by atoms with Gasteiger partial charge in [0.25, 0.3) is 0 Å². The van der Waals surface area contributed by atoms with Gasteiger partial charge in [0.05, 0.1) is 12.7 Å². The third-order valence-corrected chi connectivity index (χ3v) is 3.81. The van der Waals surface area contributed by atoms with Gasteiger partial charge in [-0.05, 0) is 18.9 Å². The lowest BCUT2D eigenvalue weighted by atomic mass is 9.76. The molecule has 0 amide bonds. The zero-order valence-electron chi connectivity index (χ0n) is 10.9. The summed E-state index contributed by atoms with van der Waals surface area (Å²) in [7, 11) is 1.26. The summed E-state index contributed by atoms with van der Waals surface area (Å²) < 4.78 is 44.0. The molecule has 1 fully saturated rings. The van der Waals surface area contributed by atoms with E-state index in [1.54, 1.807) is 6.07 Å². The van der Waals surface area contributed by atoms with Crippen molar-refractivity contribution in [1.29, 1.82) is 0 Å². The van der Waals surface area contributed by atoms with E-state index >= 15 is 0 Å². The van der Waals surface area contributed by atoms with Crippen LogP contribution in [0.1, 0.15) is 43.2 Å². The Hall–Kier alpha value is -1.23. The van der Waals surface area contributed by atoms with Crippen molar-refractivity contribution in [1.82, 2.24) is 0 Å². The Labute approximate surface area is 110 Å². The van der Waals surface area contributed by atoms with Gasteiger partial charge >= 0.3 is 6.18 Å². The monoisotopic (exact) mass is 273 g/mol.